The second-order valence-electron chi connectivity index (χ2n) is 3.69. The van der Waals surface area contributed by atoms with E-state index < -0.39 is 8.17 Å². The van der Waals surface area contributed by atoms with Gasteiger partial charge in [-0.1, -0.05) is 0 Å². The second kappa shape index (κ2) is 4.17. The molecule has 1 fully saturated rings. The molecule has 6 heteroatoms. The zero-order valence-electron chi connectivity index (χ0n) is 7.97. The van der Waals surface area contributed by atoms with Gasteiger partial charge in [0.25, 0.3) is 0 Å². The van der Waals surface area contributed by atoms with E-state index in [4.69, 9.17) is 19.2 Å². The molecule has 1 aliphatic heterocycles. The number of hydrogen-bond donors (Lipinski definition) is 3. The molecule has 80 valence electrons. The molecule has 1 heterocycles. The normalized spacial score (nSPS) is 27.1. The molecule has 1 saturated heterocycles. The summed E-state index contributed by atoms with van der Waals surface area (Å²) in [5.41, 5.74) is 0. The predicted molar refractivity (Wildman–Crippen MR) is 51.2 cm³/mol. The SMILES string of the molecule is CC(C)N1CCC(O[PH](O)(O)O)C1. The second-order valence-corrected chi connectivity index (χ2v) is 5.07. The van der Waals surface area contributed by atoms with E-state index >= 15 is 0 Å². The molecule has 1 atom stereocenters. The average molecular weight is 211 g/mol. The van der Waals surface area contributed by atoms with Crippen LogP contribution in [0.5, 0.6) is 0 Å². The van der Waals surface area contributed by atoms with Crippen LogP contribution in [0, 0.1) is 0 Å². The van der Waals surface area contributed by atoms with E-state index in [1.165, 1.54) is 0 Å². The van der Waals surface area contributed by atoms with Crippen LogP contribution in [0.15, 0.2) is 0 Å². The molecule has 1 rings (SSSR count). The van der Waals surface area contributed by atoms with Crippen molar-refractivity contribution in [3.63, 3.8) is 0 Å². The van der Waals surface area contributed by atoms with Crippen LogP contribution in [0.3, 0.4) is 0 Å². The molecular formula is C7H18NO4P. The Kier molecular flexibility index (Phi) is 3.63. The summed E-state index contributed by atoms with van der Waals surface area (Å²) in [6.45, 7) is 5.69. The minimum absolute atomic E-state index is 0.242. The van der Waals surface area contributed by atoms with E-state index in [0.29, 0.717) is 12.6 Å². The molecule has 0 spiro atoms. The topological polar surface area (TPSA) is 73.2 Å². The number of nitrogens with zero attached hydrogens (tertiary/aromatic N) is 1. The third-order valence-electron chi connectivity index (χ3n) is 2.23. The van der Waals surface area contributed by atoms with Crippen LogP contribution >= 0.6 is 8.17 Å². The molecule has 13 heavy (non-hydrogen) atoms. The summed E-state index contributed by atoms with van der Waals surface area (Å²) in [7, 11) is -4.31. The Morgan fingerprint density at radius 2 is 2.00 bits per heavy atom. The molecule has 0 aliphatic carbocycles. The Morgan fingerprint density at radius 3 is 2.38 bits per heavy atom. The molecule has 0 aromatic heterocycles. The first-order valence-electron chi connectivity index (χ1n) is 4.47. The van der Waals surface area contributed by atoms with Crippen molar-refractivity contribution in [2.45, 2.75) is 32.4 Å². The van der Waals surface area contributed by atoms with E-state index in [1.807, 2.05) is 0 Å². The van der Waals surface area contributed by atoms with Gasteiger partial charge in [0.05, 0.1) is 0 Å². The van der Waals surface area contributed by atoms with E-state index in [9.17, 15) is 0 Å². The summed E-state index contributed by atoms with van der Waals surface area (Å²) in [5, 5.41) is 0. The molecule has 0 aromatic rings. The van der Waals surface area contributed by atoms with Gasteiger partial charge in [-0.15, -0.1) is 0 Å². The maximum absolute atomic E-state index is 8.71. The van der Waals surface area contributed by atoms with E-state index in [-0.39, 0.29) is 6.10 Å². The van der Waals surface area contributed by atoms with Crippen LogP contribution in [0.4, 0.5) is 0 Å². The van der Waals surface area contributed by atoms with Crippen molar-refractivity contribution >= 4 is 8.17 Å². The van der Waals surface area contributed by atoms with Crippen molar-refractivity contribution in [1.29, 1.82) is 0 Å². The Morgan fingerprint density at radius 1 is 1.38 bits per heavy atom. The summed E-state index contributed by atoms with van der Waals surface area (Å²) < 4.78 is 4.74. The Bertz CT molecular complexity index is 170. The van der Waals surface area contributed by atoms with Crippen LogP contribution in [-0.4, -0.2) is 44.8 Å². The molecule has 0 radical (unpaired) electrons. The summed E-state index contributed by atoms with van der Waals surface area (Å²) in [4.78, 5) is 28.3. The quantitative estimate of drug-likeness (QED) is 0.567. The predicted octanol–water partition coefficient (Wildman–Crippen LogP) is -0.128. The first-order chi connectivity index (χ1) is 5.88. The monoisotopic (exact) mass is 211 g/mol. The van der Waals surface area contributed by atoms with Gasteiger partial charge in [0.2, 0.25) is 0 Å². The molecular weight excluding hydrogens is 193 g/mol. The fraction of sp³-hybridized carbons (Fsp3) is 1.00. The summed E-state index contributed by atoms with van der Waals surface area (Å²) in [6.07, 6.45) is 0.503. The van der Waals surface area contributed by atoms with E-state index in [1.54, 1.807) is 0 Å². The van der Waals surface area contributed by atoms with Crippen molar-refractivity contribution in [2.24, 2.45) is 0 Å². The van der Waals surface area contributed by atoms with Gasteiger partial charge >= 0.3 is 77.8 Å². The van der Waals surface area contributed by atoms with Gasteiger partial charge in [0.15, 0.2) is 0 Å². The number of rotatable bonds is 3. The van der Waals surface area contributed by atoms with Crippen molar-refractivity contribution in [3.8, 4) is 0 Å². The molecule has 0 amide bonds. The zero-order chi connectivity index (χ0) is 10.1. The van der Waals surface area contributed by atoms with Gasteiger partial charge in [-0.25, -0.2) is 0 Å². The van der Waals surface area contributed by atoms with Crippen LogP contribution in [-0.2, 0) is 4.52 Å². The van der Waals surface area contributed by atoms with Crippen molar-refractivity contribution < 1.29 is 19.2 Å². The van der Waals surface area contributed by atoms with E-state index in [0.717, 1.165) is 13.0 Å². The van der Waals surface area contributed by atoms with Crippen LogP contribution in [0.25, 0.3) is 0 Å². The van der Waals surface area contributed by atoms with Crippen LogP contribution in [0.1, 0.15) is 20.3 Å². The molecule has 5 nitrogen and oxygen atoms in total. The standard InChI is InChI=1S/C7H18NO4P/c1-6(2)8-4-3-7(5-8)12-13(9,10)11/h6-7,9-11,13H,3-5H2,1-2H3. The summed E-state index contributed by atoms with van der Waals surface area (Å²) in [6, 6.07) is 0.431. The van der Waals surface area contributed by atoms with Crippen molar-refractivity contribution in [1.82, 2.24) is 4.90 Å². The number of hydrogen-bond acceptors (Lipinski definition) is 5. The maximum atomic E-state index is 8.71. The molecule has 0 saturated carbocycles. The van der Waals surface area contributed by atoms with Gasteiger partial charge in [-0.05, 0) is 0 Å². The minimum atomic E-state index is -4.31. The first kappa shape index (κ1) is 11.3. The molecule has 1 unspecified atom stereocenters. The molecule has 0 aromatic carbocycles. The molecule has 1 aliphatic rings. The Balaban J connectivity index is 2.33. The Labute approximate surface area is 78.6 Å². The van der Waals surface area contributed by atoms with Gasteiger partial charge in [-0.3, -0.25) is 0 Å². The fourth-order valence-electron chi connectivity index (χ4n) is 1.54. The van der Waals surface area contributed by atoms with Crippen molar-refractivity contribution in [2.75, 3.05) is 13.1 Å². The summed E-state index contributed by atoms with van der Waals surface area (Å²) in [5.74, 6) is 0. The van der Waals surface area contributed by atoms with Gasteiger partial charge in [0.1, 0.15) is 0 Å². The third-order valence-corrected chi connectivity index (χ3v) is 2.88. The van der Waals surface area contributed by atoms with Crippen LogP contribution < -0.4 is 0 Å². The van der Waals surface area contributed by atoms with E-state index in [2.05, 4.69) is 18.7 Å². The summed E-state index contributed by atoms with van der Waals surface area (Å²) >= 11 is 0. The Hall–Kier alpha value is 0.230. The average Bonchev–Trinajstić information content (AvgIpc) is 2.31. The van der Waals surface area contributed by atoms with Gasteiger partial charge in [0, 0.05) is 0 Å². The third kappa shape index (κ3) is 3.85. The fourth-order valence-corrected chi connectivity index (χ4v) is 2.18. The zero-order valence-corrected chi connectivity index (χ0v) is 8.97. The van der Waals surface area contributed by atoms with Crippen molar-refractivity contribution in [3.05, 3.63) is 0 Å². The number of likely N-dealkylation sites (tertiary alicyclic amines) is 1. The first-order valence-corrected chi connectivity index (χ1v) is 6.22. The van der Waals surface area contributed by atoms with Gasteiger partial charge in [-0.2, -0.15) is 0 Å². The molecule has 3 N–H and O–H groups in total. The van der Waals surface area contributed by atoms with Gasteiger partial charge < -0.3 is 0 Å². The van der Waals surface area contributed by atoms with Crippen LogP contribution in [0.2, 0.25) is 0 Å². The molecule has 0 bridgehead atoms.